The third-order valence-corrected chi connectivity index (χ3v) is 3.93. The summed E-state index contributed by atoms with van der Waals surface area (Å²) in [6, 6.07) is 3.94. The van der Waals surface area contributed by atoms with Gasteiger partial charge in [-0.2, -0.15) is 5.10 Å². The first-order valence-electron chi connectivity index (χ1n) is 6.18. The van der Waals surface area contributed by atoms with Crippen LogP contribution in [0.2, 0.25) is 0 Å². The first-order valence-corrected chi connectivity index (χ1v) is 7.67. The Morgan fingerprint density at radius 2 is 2.10 bits per heavy atom. The second kappa shape index (κ2) is 6.55. The standard InChI is InChI=1S/C12H14FN5O2S/c1-2-14-8-9-3-4-11(10(13)7-9)21(19,20)18-12-15-5-6-16-17-12/h3-7,14H,2,8H2,1H3,(H,15,17,18). The van der Waals surface area contributed by atoms with Gasteiger partial charge in [-0.05, 0) is 24.2 Å². The van der Waals surface area contributed by atoms with Crippen molar-refractivity contribution in [2.75, 3.05) is 11.3 Å². The molecule has 0 fully saturated rings. The predicted octanol–water partition coefficient (Wildman–Crippen LogP) is 0.921. The van der Waals surface area contributed by atoms with Crippen molar-refractivity contribution in [1.82, 2.24) is 20.5 Å². The molecule has 2 N–H and O–H groups in total. The molecule has 0 saturated heterocycles. The highest BCUT2D eigenvalue weighted by molar-refractivity contribution is 7.92. The molecule has 1 heterocycles. The van der Waals surface area contributed by atoms with Crippen LogP contribution in [0.15, 0.2) is 35.5 Å². The zero-order chi connectivity index (χ0) is 15.3. The van der Waals surface area contributed by atoms with Crippen LogP contribution in [-0.4, -0.2) is 30.1 Å². The van der Waals surface area contributed by atoms with E-state index >= 15 is 0 Å². The monoisotopic (exact) mass is 311 g/mol. The van der Waals surface area contributed by atoms with E-state index in [0.29, 0.717) is 12.1 Å². The van der Waals surface area contributed by atoms with Gasteiger partial charge in [-0.25, -0.2) is 22.5 Å². The van der Waals surface area contributed by atoms with Crippen LogP contribution < -0.4 is 10.0 Å². The number of hydrogen-bond donors (Lipinski definition) is 2. The average Bonchev–Trinajstić information content (AvgIpc) is 2.45. The molecule has 21 heavy (non-hydrogen) atoms. The van der Waals surface area contributed by atoms with Crippen LogP contribution >= 0.6 is 0 Å². The number of nitrogens with zero attached hydrogens (tertiary/aromatic N) is 3. The number of nitrogens with one attached hydrogen (secondary N) is 2. The fourth-order valence-electron chi connectivity index (χ4n) is 1.61. The number of halogens is 1. The highest BCUT2D eigenvalue weighted by Gasteiger charge is 2.20. The summed E-state index contributed by atoms with van der Waals surface area (Å²) in [6.07, 6.45) is 2.58. The Morgan fingerprint density at radius 1 is 1.29 bits per heavy atom. The number of anilines is 1. The largest absolute Gasteiger partial charge is 0.313 e. The maximum absolute atomic E-state index is 14.0. The minimum absolute atomic E-state index is 0.214. The minimum atomic E-state index is -4.09. The second-order valence-electron chi connectivity index (χ2n) is 4.12. The van der Waals surface area contributed by atoms with Gasteiger partial charge >= 0.3 is 0 Å². The van der Waals surface area contributed by atoms with E-state index in [0.717, 1.165) is 6.54 Å². The van der Waals surface area contributed by atoms with Crippen molar-refractivity contribution >= 4 is 16.0 Å². The molecule has 0 radical (unpaired) electrons. The Hall–Kier alpha value is -2.13. The van der Waals surface area contributed by atoms with Gasteiger partial charge in [0.25, 0.3) is 16.0 Å². The fourth-order valence-corrected chi connectivity index (χ4v) is 2.62. The smallest absolute Gasteiger partial charge is 0.267 e. The van der Waals surface area contributed by atoms with Crippen LogP contribution in [0, 0.1) is 5.82 Å². The van der Waals surface area contributed by atoms with Gasteiger partial charge in [0.2, 0.25) is 0 Å². The van der Waals surface area contributed by atoms with Gasteiger partial charge in [0.1, 0.15) is 10.7 Å². The van der Waals surface area contributed by atoms with Crippen molar-refractivity contribution in [1.29, 1.82) is 0 Å². The van der Waals surface area contributed by atoms with E-state index in [2.05, 4.69) is 25.2 Å². The van der Waals surface area contributed by atoms with E-state index in [4.69, 9.17) is 0 Å². The summed E-state index contributed by atoms with van der Waals surface area (Å²) in [6.45, 7) is 3.13. The van der Waals surface area contributed by atoms with Crippen molar-refractivity contribution in [2.24, 2.45) is 0 Å². The van der Waals surface area contributed by atoms with Crippen LogP contribution in [0.3, 0.4) is 0 Å². The Labute approximate surface area is 121 Å². The Bertz CT molecular complexity index is 709. The lowest BCUT2D eigenvalue weighted by Crippen LogP contribution is -2.17. The number of aromatic nitrogens is 3. The molecule has 0 unspecified atom stereocenters. The van der Waals surface area contributed by atoms with Crippen molar-refractivity contribution in [2.45, 2.75) is 18.4 Å². The Kier molecular flexibility index (Phi) is 4.76. The maximum Gasteiger partial charge on any atom is 0.267 e. The van der Waals surface area contributed by atoms with Gasteiger partial charge < -0.3 is 5.32 Å². The summed E-state index contributed by atoms with van der Waals surface area (Å²) in [7, 11) is -4.09. The van der Waals surface area contributed by atoms with Gasteiger partial charge in [0.05, 0.1) is 12.4 Å². The highest BCUT2D eigenvalue weighted by Crippen LogP contribution is 2.18. The molecule has 112 valence electrons. The van der Waals surface area contributed by atoms with Crippen LogP contribution in [0.25, 0.3) is 0 Å². The number of benzene rings is 1. The van der Waals surface area contributed by atoms with Gasteiger partial charge in [-0.1, -0.05) is 13.0 Å². The molecule has 1 aromatic carbocycles. The minimum Gasteiger partial charge on any atom is -0.313 e. The Balaban J connectivity index is 2.24. The lowest BCUT2D eigenvalue weighted by molar-refractivity contribution is 0.567. The molecule has 0 aliphatic carbocycles. The predicted molar refractivity (Wildman–Crippen MR) is 74.4 cm³/mol. The van der Waals surface area contributed by atoms with Gasteiger partial charge in [0, 0.05) is 6.54 Å². The van der Waals surface area contributed by atoms with Crippen molar-refractivity contribution in [3.63, 3.8) is 0 Å². The quantitative estimate of drug-likeness (QED) is 0.823. The number of sulfonamides is 1. The van der Waals surface area contributed by atoms with Gasteiger partial charge in [-0.15, -0.1) is 5.10 Å². The van der Waals surface area contributed by atoms with Crippen molar-refractivity contribution in [3.05, 3.63) is 42.0 Å². The molecular weight excluding hydrogens is 297 g/mol. The lowest BCUT2D eigenvalue weighted by atomic mass is 10.2. The maximum atomic E-state index is 14.0. The third-order valence-electron chi connectivity index (χ3n) is 2.57. The van der Waals surface area contributed by atoms with Crippen LogP contribution in [0.4, 0.5) is 10.3 Å². The molecule has 2 aromatic rings. The van der Waals surface area contributed by atoms with E-state index in [1.165, 1.54) is 24.5 Å². The normalized spacial score (nSPS) is 11.3. The Morgan fingerprint density at radius 3 is 2.71 bits per heavy atom. The lowest BCUT2D eigenvalue weighted by Gasteiger charge is -2.08. The summed E-state index contributed by atoms with van der Waals surface area (Å²) < 4.78 is 40.2. The third kappa shape index (κ3) is 3.92. The molecule has 1 aromatic heterocycles. The van der Waals surface area contributed by atoms with Crippen LogP contribution in [0.5, 0.6) is 0 Å². The summed E-state index contributed by atoms with van der Waals surface area (Å²) in [5.41, 5.74) is 0.658. The topological polar surface area (TPSA) is 96.9 Å². The zero-order valence-corrected chi connectivity index (χ0v) is 12.1. The molecule has 0 aliphatic heterocycles. The van der Waals surface area contributed by atoms with E-state index in [-0.39, 0.29) is 5.95 Å². The first kappa shape index (κ1) is 15.3. The van der Waals surface area contributed by atoms with Crippen molar-refractivity contribution < 1.29 is 12.8 Å². The molecule has 7 nitrogen and oxygen atoms in total. The highest BCUT2D eigenvalue weighted by atomic mass is 32.2. The average molecular weight is 311 g/mol. The molecule has 0 aliphatic rings. The number of hydrogen-bond acceptors (Lipinski definition) is 6. The van der Waals surface area contributed by atoms with Crippen molar-refractivity contribution in [3.8, 4) is 0 Å². The fraction of sp³-hybridized carbons (Fsp3) is 0.250. The SMILES string of the molecule is CCNCc1ccc(S(=O)(=O)Nc2nccnn2)c(F)c1. The van der Waals surface area contributed by atoms with E-state index in [9.17, 15) is 12.8 Å². The summed E-state index contributed by atoms with van der Waals surface area (Å²) >= 11 is 0. The molecule has 0 amide bonds. The molecule has 2 rings (SSSR count). The molecule has 0 saturated carbocycles. The molecule has 9 heteroatoms. The number of rotatable bonds is 6. The molecular formula is C12H14FN5O2S. The van der Waals surface area contributed by atoms with Crippen LogP contribution in [0.1, 0.15) is 12.5 Å². The van der Waals surface area contributed by atoms with E-state index < -0.39 is 20.7 Å². The van der Waals surface area contributed by atoms with Crippen LogP contribution in [-0.2, 0) is 16.6 Å². The second-order valence-corrected chi connectivity index (χ2v) is 5.77. The molecule has 0 bridgehead atoms. The zero-order valence-electron chi connectivity index (χ0n) is 11.2. The van der Waals surface area contributed by atoms with Gasteiger partial charge in [-0.3, -0.25) is 0 Å². The summed E-state index contributed by atoms with van der Waals surface area (Å²) in [4.78, 5) is 3.22. The molecule has 0 atom stereocenters. The first-order chi connectivity index (χ1) is 10.0. The molecule has 0 spiro atoms. The van der Waals surface area contributed by atoms with E-state index in [1.54, 1.807) is 6.07 Å². The van der Waals surface area contributed by atoms with E-state index in [1.807, 2.05) is 6.92 Å². The summed E-state index contributed by atoms with van der Waals surface area (Å²) in [5, 5.41) is 10.0. The summed E-state index contributed by atoms with van der Waals surface area (Å²) in [5.74, 6) is -1.05. The van der Waals surface area contributed by atoms with Gasteiger partial charge in [0.15, 0.2) is 0 Å².